The molecule has 2 aromatic carbocycles. The highest BCUT2D eigenvalue weighted by molar-refractivity contribution is 7.25. The average Bonchev–Trinajstić information content (AvgIpc) is 3.51. The van der Waals surface area contributed by atoms with Crippen LogP contribution in [0.5, 0.6) is 11.5 Å². The minimum Gasteiger partial charge on any atom is -0.469 e. The number of thiophene rings is 1. The maximum Gasteiger partial charge on any atom is 0.305 e. The molecular weight excluding hydrogens is 462 g/mol. The molecule has 1 N–H and O–H groups in total. The first-order valence-electron chi connectivity index (χ1n) is 12.1. The van der Waals surface area contributed by atoms with E-state index in [1.807, 2.05) is 18.2 Å². The molecule has 1 saturated carbocycles. The summed E-state index contributed by atoms with van der Waals surface area (Å²) < 4.78 is 17.1. The zero-order valence-corrected chi connectivity index (χ0v) is 20.4. The summed E-state index contributed by atoms with van der Waals surface area (Å²) in [6.45, 7) is 0.892. The number of anilines is 1. The molecule has 0 spiro atoms. The Balaban J connectivity index is 1.29. The molecule has 180 valence electrons. The number of aromatic nitrogens is 2. The zero-order chi connectivity index (χ0) is 23.8. The van der Waals surface area contributed by atoms with Gasteiger partial charge in [0.1, 0.15) is 16.5 Å². The summed E-state index contributed by atoms with van der Waals surface area (Å²) in [5.41, 5.74) is 1.10. The number of esters is 1. The van der Waals surface area contributed by atoms with Crippen LogP contribution in [-0.2, 0) is 16.1 Å². The van der Waals surface area contributed by atoms with E-state index in [9.17, 15) is 4.79 Å². The van der Waals surface area contributed by atoms with E-state index >= 15 is 0 Å². The fourth-order valence-electron chi connectivity index (χ4n) is 5.13. The Morgan fingerprint density at radius 2 is 1.91 bits per heavy atom. The van der Waals surface area contributed by atoms with E-state index < -0.39 is 0 Å². The number of ether oxygens (including phenoxy) is 3. The van der Waals surface area contributed by atoms with Gasteiger partial charge in [-0.1, -0.05) is 24.3 Å². The van der Waals surface area contributed by atoms with Crippen molar-refractivity contribution in [3.05, 3.63) is 53.9 Å². The second-order valence-corrected chi connectivity index (χ2v) is 10.3. The molecule has 6 rings (SSSR count). The van der Waals surface area contributed by atoms with Crippen molar-refractivity contribution in [2.75, 3.05) is 19.2 Å². The molecule has 2 aliphatic rings. The van der Waals surface area contributed by atoms with Crippen molar-refractivity contribution in [2.24, 2.45) is 5.92 Å². The van der Waals surface area contributed by atoms with Gasteiger partial charge < -0.3 is 19.5 Å². The van der Waals surface area contributed by atoms with Gasteiger partial charge in [-0.25, -0.2) is 9.97 Å². The third-order valence-corrected chi connectivity index (χ3v) is 8.11. The van der Waals surface area contributed by atoms with Gasteiger partial charge in [-0.15, -0.1) is 11.3 Å². The third kappa shape index (κ3) is 4.38. The van der Waals surface area contributed by atoms with Crippen LogP contribution >= 0.6 is 11.3 Å². The molecule has 4 aromatic rings. The van der Waals surface area contributed by atoms with Crippen molar-refractivity contribution < 1.29 is 19.0 Å². The topological polar surface area (TPSA) is 82.6 Å². The Hall–Kier alpha value is -3.39. The van der Waals surface area contributed by atoms with E-state index in [-0.39, 0.29) is 12.8 Å². The third-order valence-electron chi connectivity index (χ3n) is 7.05. The molecule has 8 heteroatoms. The second kappa shape index (κ2) is 9.34. The first-order valence-corrected chi connectivity index (χ1v) is 12.9. The fraction of sp³-hybridized carbons (Fsp3) is 0.370. The monoisotopic (exact) mass is 489 g/mol. The van der Waals surface area contributed by atoms with Gasteiger partial charge in [-0.05, 0) is 55.4 Å². The van der Waals surface area contributed by atoms with E-state index in [4.69, 9.17) is 24.2 Å². The molecule has 3 heterocycles. The number of nitrogens with zero attached hydrogens (tertiary/aromatic N) is 2. The van der Waals surface area contributed by atoms with Gasteiger partial charge in [0.25, 0.3) is 0 Å². The summed E-state index contributed by atoms with van der Waals surface area (Å²) >= 11 is 1.72. The number of carbonyl (C=O) groups is 1. The lowest BCUT2D eigenvalue weighted by atomic mass is 9.80. The molecule has 0 unspecified atom stereocenters. The van der Waals surface area contributed by atoms with Crippen molar-refractivity contribution in [1.29, 1.82) is 0 Å². The van der Waals surface area contributed by atoms with Crippen LogP contribution in [0.15, 0.2) is 42.5 Å². The smallest absolute Gasteiger partial charge is 0.305 e. The zero-order valence-electron chi connectivity index (χ0n) is 19.6. The van der Waals surface area contributed by atoms with Gasteiger partial charge in [0.15, 0.2) is 11.5 Å². The van der Waals surface area contributed by atoms with Crippen molar-refractivity contribution in [2.45, 2.75) is 44.6 Å². The summed E-state index contributed by atoms with van der Waals surface area (Å²) in [6.07, 6.45) is 4.46. The van der Waals surface area contributed by atoms with Crippen molar-refractivity contribution in [3.8, 4) is 11.5 Å². The van der Waals surface area contributed by atoms with Crippen LogP contribution in [0.2, 0.25) is 0 Å². The number of rotatable bonds is 6. The molecule has 1 aliphatic carbocycles. The summed E-state index contributed by atoms with van der Waals surface area (Å²) in [6, 6.07) is 14.4. The van der Waals surface area contributed by atoms with E-state index in [2.05, 4.69) is 29.6 Å². The molecule has 0 radical (unpaired) electrons. The Morgan fingerprint density at radius 3 is 2.77 bits per heavy atom. The standard InChI is InChI=1S/C27H27N3O4S/c1-32-23(31)13-16-6-9-18(10-7-16)25-29-26(24-19-4-2-3-5-22(19)35-27(24)30-25)28-14-17-8-11-20-21(12-17)34-15-33-20/h2-5,8,11-12,16,18H,6-7,9-10,13-15H2,1H3,(H,28,29,30). The van der Waals surface area contributed by atoms with Crippen LogP contribution in [0.3, 0.4) is 0 Å². The summed E-state index contributed by atoms with van der Waals surface area (Å²) in [5.74, 6) is 3.89. The number of benzene rings is 2. The summed E-state index contributed by atoms with van der Waals surface area (Å²) in [4.78, 5) is 22.8. The fourth-order valence-corrected chi connectivity index (χ4v) is 6.21. The van der Waals surface area contributed by atoms with Crippen molar-refractivity contribution in [1.82, 2.24) is 9.97 Å². The maximum atomic E-state index is 11.7. The van der Waals surface area contributed by atoms with E-state index in [0.717, 1.165) is 64.6 Å². The highest BCUT2D eigenvalue weighted by Crippen LogP contribution is 2.41. The van der Waals surface area contributed by atoms with E-state index in [0.29, 0.717) is 24.8 Å². The molecule has 0 amide bonds. The first-order chi connectivity index (χ1) is 17.2. The molecule has 2 aromatic heterocycles. The summed E-state index contributed by atoms with van der Waals surface area (Å²) in [5, 5.41) is 5.85. The molecule has 0 bridgehead atoms. The number of methoxy groups -OCH3 is 1. The predicted molar refractivity (Wildman–Crippen MR) is 136 cm³/mol. The number of hydrogen-bond acceptors (Lipinski definition) is 8. The lowest BCUT2D eigenvalue weighted by Gasteiger charge is -2.27. The lowest BCUT2D eigenvalue weighted by molar-refractivity contribution is -0.142. The van der Waals surface area contributed by atoms with Crippen molar-refractivity contribution in [3.63, 3.8) is 0 Å². The van der Waals surface area contributed by atoms with Crippen LogP contribution < -0.4 is 14.8 Å². The highest BCUT2D eigenvalue weighted by Gasteiger charge is 2.27. The van der Waals surface area contributed by atoms with E-state index in [1.54, 1.807) is 11.3 Å². The molecule has 1 aliphatic heterocycles. The largest absolute Gasteiger partial charge is 0.469 e. The number of hydrogen-bond donors (Lipinski definition) is 1. The maximum absolute atomic E-state index is 11.7. The normalized spacial score (nSPS) is 19.2. The van der Waals surface area contributed by atoms with Crippen molar-refractivity contribution >= 4 is 43.4 Å². The molecule has 35 heavy (non-hydrogen) atoms. The van der Waals surface area contributed by atoms with Crippen LogP contribution in [0.25, 0.3) is 20.3 Å². The van der Waals surface area contributed by atoms with Gasteiger partial charge in [0.05, 0.1) is 12.5 Å². The van der Waals surface area contributed by atoms with Gasteiger partial charge >= 0.3 is 5.97 Å². The minimum atomic E-state index is -0.119. The summed E-state index contributed by atoms with van der Waals surface area (Å²) in [7, 11) is 1.46. The molecule has 0 saturated heterocycles. The number of carbonyl (C=O) groups excluding carboxylic acids is 1. The minimum absolute atomic E-state index is 0.119. The van der Waals surface area contributed by atoms with Crippen LogP contribution in [0, 0.1) is 5.92 Å². The number of nitrogens with one attached hydrogen (secondary N) is 1. The van der Waals surface area contributed by atoms with E-state index in [1.165, 1.54) is 17.2 Å². The predicted octanol–water partition coefficient (Wildman–Crippen LogP) is 6.02. The number of fused-ring (bicyclic) bond motifs is 4. The van der Waals surface area contributed by atoms with Crippen LogP contribution in [0.4, 0.5) is 5.82 Å². The Labute approximate surface area is 207 Å². The highest BCUT2D eigenvalue weighted by atomic mass is 32.1. The molecule has 1 fully saturated rings. The van der Waals surface area contributed by atoms with Gasteiger partial charge in [0.2, 0.25) is 6.79 Å². The van der Waals surface area contributed by atoms with Gasteiger partial charge in [-0.3, -0.25) is 4.79 Å². The first kappa shape index (κ1) is 22.1. The van der Waals surface area contributed by atoms with Crippen LogP contribution in [0.1, 0.15) is 49.4 Å². The molecule has 7 nitrogen and oxygen atoms in total. The quantitative estimate of drug-likeness (QED) is 0.332. The van der Waals surface area contributed by atoms with Gasteiger partial charge in [0, 0.05) is 29.0 Å². The Bertz CT molecular complexity index is 1390. The SMILES string of the molecule is COC(=O)CC1CCC(c2nc(NCc3ccc4c(c3)OCO4)c3c(n2)sc2ccccc23)CC1. The van der Waals surface area contributed by atoms with Crippen LogP contribution in [-0.4, -0.2) is 29.8 Å². The average molecular weight is 490 g/mol. The van der Waals surface area contributed by atoms with Gasteiger partial charge in [-0.2, -0.15) is 0 Å². The second-order valence-electron chi connectivity index (χ2n) is 9.25. The Kier molecular flexibility index (Phi) is 5.90. The molecule has 0 atom stereocenters. The molecular formula is C27H27N3O4S. The Morgan fingerprint density at radius 1 is 1.09 bits per heavy atom. The lowest BCUT2D eigenvalue weighted by Crippen LogP contribution is -2.19.